The van der Waals surface area contributed by atoms with Crippen molar-refractivity contribution in [1.82, 2.24) is 4.98 Å². The van der Waals surface area contributed by atoms with Crippen LogP contribution in [0.3, 0.4) is 0 Å². The monoisotopic (exact) mass is 679 g/mol. The fourth-order valence-corrected chi connectivity index (χ4v) is 9.31. The number of para-hydroxylation sites is 2. The van der Waals surface area contributed by atoms with Crippen LogP contribution in [0.25, 0.3) is 108 Å². The van der Waals surface area contributed by atoms with Crippen molar-refractivity contribution in [2.45, 2.75) is 0 Å². The Kier molecular flexibility index (Phi) is 6.46. The lowest BCUT2D eigenvalue weighted by molar-refractivity contribution is 0.669. The molecule has 0 aliphatic rings. The molecule has 0 bridgehead atoms. The second-order valence-electron chi connectivity index (χ2n) is 13.4. The van der Waals surface area contributed by atoms with Gasteiger partial charge in [0.05, 0.1) is 11.2 Å². The summed E-state index contributed by atoms with van der Waals surface area (Å²) in [5.41, 5.74) is 12.0. The number of pyridine rings is 1. The van der Waals surface area contributed by atoms with Crippen molar-refractivity contribution in [3.8, 4) is 44.6 Å². The number of nitrogens with zero attached hydrogens (tertiary/aromatic N) is 1. The van der Waals surface area contributed by atoms with Crippen molar-refractivity contribution in [2.24, 2.45) is 0 Å². The third-order valence-corrected chi connectivity index (χ3v) is 11.7. The van der Waals surface area contributed by atoms with Gasteiger partial charge < -0.3 is 4.42 Å². The van der Waals surface area contributed by atoms with Gasteiger partial charge in [0.25, 0.3) is 0 Å². The smallest absolute Gasteiger partial charge is 0.136 e. The zero-order chi connectivity index (χ0) is 34.2. The minimum atomic E-state index is 0.867. The highest BCUT2D eigenvalue weighted by atomic mass is 32.1. The van der Waals surface area contributed by atoms with Crippen molar-refractivity contribution in [3.63, 3.8) is 0 Å². The summed E-state index contributed by atoms with van der Waals surface area (Å²) in [6.45, 7) is 0. The number of furan rings is 1. The van der Waals surface area contributed by atoms with Gasteiger partial charge in [0.15, 0.2) is 0 Å². The first-order chi connectivity index (χ1) is 25.8. The van der Waals surface area contributed by atoms with Crippen LogP contribution in [-0.2, 0) is 0 Å². The molecule has 2 nitrogen and oxygen atoms in total. The Morgan fingerprint density at radius 1 is 0.404 bits per heavy atom. The predicted octanol–water partition coefficient (Wildman–Crippen LogP) is 14.3. The Morgan fingerprint density at radius 3 is 1.85 bits per heavy atom. The van der Waals surface area contributed by atoms with Gasteiger partial charge in [-0.25, -0.2) is 4.98 Å². The molecule has 0 aliphatic heterocycles. The van der Waals surface area contributed by atoms with E-state index in [1.165, 1.54) is 53.4 Å². The average Bonchev–Trinajstić information content (AvgIpc) is 3.79. The maximum Gasteiger partial charge on any atom is 0.136 e. The zero-order valence-electron chi connectivity index (χ0n) is 28.0. The van der Waals surface area contributed by atoms with Crippen LogP contribution in [0, 0.1) is 0 Å². The molecule has 0 saturated carbocycles. The van der Waals surface area contributed by atoms with E-state index in [0.717, 1.165) is 55.0 Å². The number of hydrogen-bond donors (Lipinski definition) is 0. The standard InChI is InChI=1S/C49H29NOS/c1-2-11-34(12-3-1)48-40-29-43-47(39-15-5-8-19-42(39)51-43)45(46(40)38-14-4-7-18-41(38)50-48)33-27-23-31(24-28-33)30-21-25-32(26-22-30)35-16-10-17-37-36-13-6-9-20-44(36)52-49(35)37/h1-29H. The van der Waals surface area contributed by atoms with Gasteiger partial charge in [-0.2, -0.15) is 0 Å². The minimum absolute atomic E-state index is 0.867. The van der Waals surface area contributed by atoms with Crippen molar-refractivity contribution in [1.29, 1.82) is 0 Å². The summed E-state index contributed by atoms with van der Waals surface area (Å²) in [4.78, 5) is 5.24. The molecule has 0 amide bonds. The molecule has 0 unspecified atom stereocenters. The lowest BCUT2D eigenvalue weighted by atomic mass is 9.89. The van der Waals surface area contributed by atoms with E-state index < -0.39 is 0 Å². The molecule has 0 fully saturated rings. The highest BCUT2D eigenvalue weighted by molar-refractivity contribution is 7.26. The number of hydrogen-bond acceptors (Lipinski definition) is 3. The first-order valence-corrected chi connectivity index (χ1v) is 18.4. The molecule has 0 N–H and O–H groups in total. The number of fused-ring (bicyclic) bond motifs is 9. The summed E-state index contributed by atoms with van der Waals surface area (Å²) in [6.07, 6.45) is 0. The average molecular weight is 680 g/mol. The molecule has 11 aromatic rings. The first-order valence-electron chi connectivity index (χ1n) is 17.6. The molecule has 0 saturated heterocycles. The van der Waals surface area contributed by atoms with Crippen LogP contribution in [0.4, 0.5) is 0 Å². The number of thiophene rings is 1. The third kappa shape index (κ3) is 4.46. The van der Waals surface area contributed by atoms with Crippen LogP contribution >= 0.6 is 11.3 Å². The van der Waals surface area contributed by atoms with E-state index in [0.29, 0.717) is 0 Å². The maximum atomic E-state index is 6.58. The maximum absolute atomic E-state index is 6.58. The minimum Gasteiger partial charge on any atom is -0.456 e. The van der Waals surface area contributed by atoms with E-state index in [4.69, 9.17) is 9.40 Å². The second kappa shape index (κ2) is 11.5. The van der Waals surface area contributed by atoms with Crippen molar-refractivity contribution < 1.29 is 4.42 Å². The number of rotatable bonds is 4. The summed E-state index contributed by atoms with van der Waals surface area (Å²) in [6, 6.07) is 63.0. The highest BCUT2D eigenvalue weighted by Gasteiger charge is 2.21. The van der Waals surface area contributed by atoms with E-state index in [1.54, 1.807) is 0 Å². The van der Waals surface area contributed by atoms with Crippen LogP contribution < -0.4 is 0 Å². The third-order valence-electron chi connectivity index (χ3n) is 10.5. The van der Waals surface area contributed by atoms with E-state index in [1.807, 2.05) is 17.4 Å². The molecule has 52 heavy (non-hydrogen) atoms. The van der Waals surface area contributed by atoms with E-state index in [-0.39, 0.29) is 0 Å². The van der Waals surface area contributed by atoms with Crippen molar-refractivity contribution in [2.75, 3.05) is 0 Å². The van der Waals surface area contributed by atoms with Crippen molar-refractivity contribution in [3.05, 3.63) is 176 Å². The van der Waals surface area contributed by atoms with E-state index in [2.05, 4.69) is 170 Å². The normalized spacial score (nSPS) is 11.8. The fraction of sp³-hybridized carbons (Fsp3) is 0. The molecule has 0 aliphatic carbocycles. The fourth-order valence-electron chi connectivity index (χ4n) is 8.07. The summed E-state index contributed by atoms with van der Waals surface area (Å²) >= 11 is 1.88. The van der Waals surface area contributed by atoms with Crippen molar-refractivity contribution >= 4 is 75.1 Å². The van der Waals surface area contributed by atoms with Crippen LogP contribution in [0.15, 0.2) is 180 Å². The summed E-state index contributed by atoms with van der Waals surface area (Å²) in [7, 11) is 0. The Balaban J connectivity index is 1.08. The van der Waals surface area contributed by atoms with E-state index >= 15 is 0 Å². The molecule has 3 heterocycles. The van der Waals surface area contributed by atoms with Crippen LogP contribution in [0.2, 0.25) is 0 Å². The van der Waals surface area contributed by atoms with Gasteiger partial charge in [-0.15, -0.1) is 11.3 Å². The molecule has 0 radical (unpaired) electrons. The quantitative estimate of drug-likeness (QED) is 0.173. The lowest BCUT2D eigenvalue weighted by Crippen LogP contribution is -1.93. The molecule has 3 aromatic heterocycles. The largest absolute Gasteiger partial charge is 0.456 e. The summed E-state index contributed by atoms with van der Waals surface area (Å²) in [5.74, 6) is 0. The number of benzene rings is 8. The topological polar surface area (TPSA) is 26.0 Å². The van der Waals surface area contributed by atoms with Gasteiger partial charge >= 0.3 is 0 Å². The van der Waals surface area contributed by atoms with Crippen LogP contribution in [0.5, 0.6) is 0 Å². The molecule has 3 heteroatoms. The van der Waals surface area contributed by atoms with Crippen LogP contribution in [-0.4, -0.2) is 4.98 Å². The van der Waals surface area contributed by atoms with Gasteiger partial charge in [-0.3, -0.25) is 0 Å². The zero-order valence-corrected chi connectivity index (χ0v) is 28.8. The molecule has 242 valence electrons. The highest BCUT2D eigenvalue weighted by Crippen LogP contribution is 2.47. The van der Waals surface area contributed by atoms with Gasteiger partial charge in [-0.05, 0) is 52.1 Å². The Morgan fingerprint density at radius 2 is 1.04 bits per heavy atom. The Labute approximate surface area is 303 Å². The van der Waals surface area contributed by atoms with Gasteiger partial charge in [-0.1, -0.05) is 152 Å². The van der Waals surface area contributed by atoms with Crippen LogP contribution in [0.1, 0.15) is 0 Å². The Bertz CT molecular complexity index is 3150. The number of aromatic nitrogens is 1. The molecular weight excluding hydrogens is 651 g/mol. The second-order valence-corrected chi connectivity index (χ2v) is 14.5. The Hall–Kier alpha value is -6.55. The molecule has 8 aromatic carbocycles. The molecular formula is C49H29NOS. The van der Waals surface area contributed by atoms with Gasteiger partial charge in [0.2, 0.25) is 0 Å². The molecule has 0 spiro atoms. The van der Waals surface area contributed by atoms with E-state index in [9.17, 15) is 0 Å². The summed E-state index contributed by atoms with van der Waals surface area (Å²) < 4.78 is 9.25. The first kappa shape index (κ1) is 29.2. The van der Waals surface area contributed by atoms with Gasteiger partial charge in [0.1, 0.15) is 11.2 Å². The molecule has 11 rings (SSSR count). The predicted molar refractivity (Wildman–Crippen MR) is 221 cm³/mol. The van der Waals surface area contributed by atoms with Gasteiger partial charge in [0, 0.05) is 58.2 Å². The SMILES string of the molecule is c1ccc(-c2nc3ccccc3c3c(-c4ccc(-c5ccc(-c6cccc7c6sc6ccccc67)cc5)cc4)c4c(cc23)oc2ccccc24)cc1. The summed E-state index contributed by atoms with van der Waals surface area (Å²) in [5, 5.41) is 8.30. The molecule has 0 atom stereocenters. The lowest BCUT2D eigenvalue weighted by Gasteiger charge is -2.16.